The van der Waals surface area contributed by atoms with E-state index in [4.69, 9.17) is 17.0 Å². The van der Waals surface area contributed by atoms with E-state index in [1.165, 1.54) is 21.7 Å². The van der Waals surface area contributed by atoms with Gasteiger partial charge < -0.3 is 9.64 Å². The summed E-state index contributed by atoms with van der Waals surface area (Å²) in [6, 6.07) is 16.8. The highest BCUT2D eigenvalue weighted by molar-refractivity contribution is 7.71. The maximum absolute atomic E-state index is 5.96. The van der Waals surface area contributed by atoms with Crippen LogP contribution in [0.4, 0.5) is 5.69 Å². The highest BCUT2D eigenvalue weighted by atomic mass is 32.1. The number of para-hydroxylation sites is 1. The average molecular weight is 397 g/mol. The molecule has 0 spiro atoms. The molecule has 0 atom stereocenters. The second-order valence-electron chi connectivity index (χ2n) is 7.14. The molecule has 3 aromatic rings. The van der Waals surface area contributed by atoms with Crippen molar-refractivity contribution < 1.29 is 4.74 Å². The summed E-state index contributed by atoms with van der Waals surface area (Å²) < 4.78 is 8.64. The smallest absolute Gasteiger partial charge is 0.129 e. The van der Waals surface area contributed by atoms with Crippen molar-refractivity contribution >= 4 is 29.4 Å². The lowest BCUT2D eigenvalue weighted by Crippen LogP contribution is -2.43. The molecule has 0 unspecified atom stereocenters. The molecule has 1 aliphatic heterocycles. The predicted octanol–water partition coefficient (Wildman–Crippen LogP) is 6.41. The first-order valence-electron chi connectivity index (χ1n) is 9.36. The van der Waals surface area contributed by atoms with Crippen molar-refractivity contribution in [3.8, 4) is 22.6 Å². The molecule has 27 heavy (non-hydrogen) atoms. The van der Waals surface area contributed by atoms with Crippen LogP contribution in [0.2, 0.25) is 0 Å². The molecule has 0 saturated heterocycles. The molecule has 1 aromatic heterocycles. The fourth-order valence-corrected chi connectivity index (χ4v) is 5.67. The molecule has 0 bridgehead atoms. The number of anilines is 1. The lowest BCUT2D eigenvalue weighted by atomic mass is 9.87. The summed E-state index contributed by atoms with van der Waals surface area (Å²) in [5.74, 6) is 0.886. The lowest BCUT2D eigenvalue weighted by Gasteiger charge is -2.43. The standard InChI is InChI=1S/C22H24N2OS2/c1-5-23-18-10-8-7-9-17(18)19-20(22(23,3)4)27-24(21(19)26)15-11-13-16(14-12-15)25-6-2/h7-14H,5-6H2,1-4H3. The summed E-state index contributed by atoms with van der Waals surface area (Å²) >= 11 is 7.71. The van der Waals surface area contributed by atoms with Crippen molar-refractivity contribution in [3.63, 3.8) is 0 Å². The minimum absolute atomic E-state index is 0.104. The quantitative estimate of drug-likeness (QED) is 0.475. The summed E-state index contributed by atoms with van der Waals surface area (Å²) in [4.78, 5) is 3.79. The van der Waals surface area contributed by atoms with Gasteiger partial charge in [-0.3, -0.25) is 3.96 Å². The van der Waals surface area contributed by atoms with Crippen LogP contribution in [0.5, 0.6) is 5.75 Å². The van der Waals surface area contributed by atoms with E-state index in [9.17, 15) is 0 Å². The number of nitrogens with zero attached hydrogens (tertiary/aromatic N) is 2. The van der Waals surface area contributed by atoms with E-state index < -0.39 is 0 Å². The van der Waals surface area contributed by atoms with Gasteiger partial charge in [0.25, 0.3) is 0 Å². The van der Waals surface area contributed by atoms with E-state index in [0.717, 1.165) is 22.6 Å². The number of fused-ring (bicyclic) bond motifs is 3. The number of aromatic nitrogens is 1. The summed E-state index contributed by atoms with van der Waals surface area (Å²) in [7, 11) is 0. The molecule has 4 rings (SSSR count). The van der Waals surface area contributed by atoms with Crippen molar-refractivity contribution in [1.29, 1.82) is 0 Å². The zero-order chi connectivity index (χ0) is 19.2. The first-order valence-corrected chi connectivity index (χ1v) is 10.5. The number of hydrogen-bond donors (Lipinski definition) is 0. The van der Waals surface area contributed by atoms with Gasteiger partial charge in [-0.2, -0.15) is 0 Å². The summed E-state index contributed by atoms with van der Waals surface area (Å²) in [5.41, 5.74) is 4.68. The van der Waals surface area contributed by atoms with Crippen LogP contribution in [-0.2, 0) is 5.54 Å². The van der Waals surface area contributed by atoms with E-state index in [1.807, 2.05) is 19.1 Å². The predicted molar refractivity (Wildman–Crippen MR) is 117 cm³/mol. The third-order valence-corrected chi connectivity index (χ3v) is 7.17. The maximum atomic E-state index is 5.96. The Bertz CT molecular complexity index is 1030. The molecular weight excluding hydrogens is 372 g/mol. The Balaban J connectivity index is 1.92. The summed E-state index contributed by atoms with van der Waals surface area (Å²) in [6.45, 7) is 10.4. The Kier molecular flexibility index (Phi) is 4.60. The zero-order valence-electron chi connectivity index (χ0n) is 16.2. The monoisotopic (exact) mass is 396 g/mol. The van der Waals surface area contributed by atoms with E-state index in [0.29, 0.717) is 6.61 Å². The molecule has 0 aliphatic carbocycles. The fourth-order valence-electron chi connectivity index (χ4n) is 3.96. The molecule has 0 amide bonds. The number of rotatable bonds is 4. The van der Waals surface area contributed by atoms with Crippen LogP contribution in [0.1, 0.15) is 32.6 Å². The van der Waals surface area contributed by atoms with Crippen LogP contribution >= 0.6 is 23.8 Å². The minimum atomic E-state index is -0.104. The zero-order valence-corrected chi connectivity index (χ0v) is 17.8. The number of benzene rings is 2. The molecule has 3 nitrogen and oxygen atoms in total. The van der Waals surface area contributed by atoms with Crippen LogP contribution in [0.3, 0.4) is 0 Å². The molecule has 2 heterocycles. The van der Waals surface area contributed by atoms with E-state index in [-0.39, 0.29) is 5.54 Å². The van der Waals surface area contributed by atoms with Crippen LogP contribution in [0, 0.1) is 4.64 Å². The van der Waals surface area contributed by atoms with Gasteiger partial charge in [-0.25, -0.2) is 0 Å². The van der Waals surface area contributed by atoms with Gasteiger partial charge in [0.2, 0.25) is 0 Å². The Morgan fingerprint density at radius 2 is 1.74 bits per heavy atom. The molecule has 0 radical (unpaired) electrons. The molecule has 0 saturated carbocycles. The van der Waals surface area contributed by atoms with E-state index in [1.54, 1.807) is 11.5 Å². The summed E-state index contributed by atoms with van der Waals surface area (Å²) in [6.07, 6.45) is 0. The highest BCUT2D eigenvalue weighted by Gasteiger charge is 2.39. The van der Waals surface area contributed by atoms with E-state index in [2.05, 4.69) is 66.0 Å². The van der Waals surface area contributed by atoms with Crippen molar-refractivity contribution in [2.24, 2.45) is 0 Å². The Hall–Kier alpha value is -2.11. The fraction of sp³-hybridized carbons (Fsp3) is 0.318. The van der Waals surface area contributed by atoms with Crippen molar-refractivity contribution in [3.05, 3.63) is 58.0 Å². The largest absolute Gasteiger partial charge is 0.494 e. The van der Waals surface area contributed by atoms with Crippen LogP contribution < -0.4 is 9.64 Å². The van der Waals surface area contributed by atoms with Crippen molar-refractivity contribution in [2.45, 2.75) is 33.2 Å². The average Bonchev–Trinajstić information content (AvgIpc) is 3.01. The van der Waals surface area contributed by atoms with Crippen LogP contribution in [-0.4, -0.2) is 17.1 Å². The van der Waals surface area contributed by atoms with Crippen LogP contribution in [0.15, 0.2) is 48.5 Å². The van der Waals surface area contributed by atoms with Gasteiger partial charge in [0.15, 0.2) is 0 Å². The molecule has 2 aromatic carbocycles. The van der Waals surface area contributed by atoms with Gasteiger partial charge in [-0.1, -0.05) is 41.9 Å². The highest BCUT2D eigenvalue weighted by Crippen LogP contribution is 2.50. The first kappa shape index (κ1) is 18.3. The molecule has 0 fully saturated rings. The first-order chi connectivity index (χ1) is 13.0. The third kappa shape index (κ3) is 2.80. The molecule has 1 aliphatic rings. The molecule has 5 heteroatoms. The molecule has 0 N–H and O–H groups in total. The second-order valence-corrected chi connectivity index (χ2v) is 8.48. The van der Waals surface area contributed by atoms with Gasteiger partial charge in [0, 0.05) is 23.4 Å². The van der Waals surface area contributed by atoms with Gasteiger partial charge in [-0.15, -0.1) is 0 Å². The second kappa shape index (κ2) is 6.80. The number of ether oxygens (including phenoxy) is 1. The van der Waals surface area contributed by atoms with Crippen molar-refractivity contribution in [1.82, 2.24) is 3.96 Å². The molecular formula is C22H24N2OS2. The van der Waals surface area contributed by atoms with Gasteiger partial charge in [0.05, 0.1) is 22.7 Å². The topological polar surface area (TPSA) is 17.4 Å². The van der Waals surface area contributed by atoms with Gasteiger partial charge in [-0.05, 0) is 58.0 Å². The van der Waals surface area contributed by atoms with Gasteiger partial charge in [0.1, 0.15) is 10.4 Å². The molecule has 140 valence electrons. The minimum Gasteiger partial charge on any atom is -0.494 e. The maximum Gasteiger partial charge on any atom is 0.129 e. The van der Waals surface area contributed by atoms with Gasteiger partial charge >= 0.3 is 0 Å². The Labute approximate surface area is 170 Å². The lowest BCUT2D eigenvalue weighted by molar-refractivity contribution is 0.340. The van der Waals surface area contributed by atoms with Crippen molar-refractivity contribution in [2.75, 3.05) is 18.1 Å². The number of hydrogen-bond acceptors (Lipinski definition) is 4. The Morgan fingerprint density at radius 3 is 2.41 bits per heavy atom. The third-order valence-electron chi connectivity index (χ3n) is 5.20. The normalized spacial score (nSPS) is 14.6. The van der Waals surface area contributed by atoms with E-state index >= 15 is 0 Å². The summed E-state index contributed by atoms with van der Waals surface area (Å²) in [5, 5.41) is 0. The SMILES string of the molecule is CCOc1ccc(-n2sc3c(c2=S)-c2ccccc2N(CC)C3(C)C)cc1. The van der Waals surface area contributed by atoms with Crippen LogP contribution in [0.25, 0.3) is 16.8 Å². The Morgan fingerprint density at radius 1 is 1.04 bits per heavy atom.